The molecule has 106 valence electrons. The van der Waals surface area contributed by atoms with Crippen LogP contribution in [-0.4, -0.2) is 27.7 Å². The molecule has 21 heavy (non-hydrogen) atoms. The predicted octanol–water partition coefficient (Wildman–Crippen LogP) is 2.58. The average molecular weight is 282 g/mol. The lowest BCUT2D eigenvalue weighted by molar-refractivity contribution is -0.141. The molecule has 0 saturated heterocycles. The number of fused-ring (bicyclic) bond motifs is 1. The monoisotopic (exact) mass is 282 g/mol. The van der Waals surface area contributed by atoms with E-state index in [9.17, 15) is 9.90 Å². The maximum absolute atomic E-state index is 11.6. The number of carbonyl (C=O) groups excluding carboxylic acids is 1. The van der Waals surface area contributed by atoms with Crippen LogP contribution < -0.4 is 0 Å². The summed E-state index contributed by atoms with van der Waals surface area (Å²) in [6.07, 6.45) is 0. The largest absolute Gasteiger partial charge is 0.508 e. The number of hydrogen-bond donors (Lipinski definition) is 1. The molecule has 1 aromatic heterocycles. The van der Waals surface area contributed by atoms with E-state index in [1.165, 1.54) is 7.11 Å². The van der Waals surface area contributed by atoms with E-state index in [1.54, 1.807) is 24.3 Å². The second-order valence-electron chi connectivity index (χ2n) is 4.63. The van der Waals surface area contributed by atoms with Gasteiger partial charge in [-0.3, -0.25) is 4.79 Å². The van der Waals surface area contributed by atoms with Crippen LogP contribution in [0.4, 0.5) is 0 Å². The number of para-hydroxylation sites is 2. The van der Waals surface area contributed by atoms with Crippen LogP contribution in [0.3, 0.4) is 0 Å². The average Bonchev–Trinajstić information content (AvgIpc) is 2.87. The number of ether oxygens (including phenoxy) is 1. The summed E-state index contributed by atoms with van der Waals surface area (Å²) in [6, 6.07) is 14.3. The van der Waals surface area contributed by atoms with Crippen molar-refractivity contribution in [1.29, 1.82) is 0 Å². The molecular weight excluding hydrogens is 268 g/mol. The van der Waals surface area contributed by atoms with Crippen LogP contribution in [0.1, 0.15) is 0 Å². The minimum absolute atomic E-state index is 0.0905. The smallest absolute Gasteiger partial charge is 0.325 e. The maximum Gasteiger partial charge on any atom is 0.325 e. The molecule has 3 aromatic rings. The lowest BCUT2D eigenvalue weighted by Crippen LogP contribution is -2.12. The van der Waals surface area contributed by atoms with E-state index in [-0.39, 0.29) is 18.3 Å². The highest BCUT2D eigenvalue weighted by Gasteiger charge is 2.15. The van der Waals surface area contributed by atoms with Crippen molar-refractivity contribution < 1.29 is 14.6 Å². The Balaban J connectivity index is 2.18. The molecule has 0 radical (unpaired) electrons. The van der Waals surface area contributed by atoms with Gasteiger partial charge in [-0.05, 0) is 36.4 Å². The van der Waals surface area contributed by atoms with Crippen LogP contribution in [0.5, 0.6) is 5.75 Å². The Morgan fingerprint density at radius 2 is 1.90 bits per heavy atom. The Morgan fingerprint density at radius 3 is 2.62 bits per heavy atom. The number of phenols is 1. The van der Waals surface area contributed by atoms with E-state index in [0.29, 0.717) is 5.82 Å². The molecule has 0 aliphatic heterocycles. The van der Waals surface area contributed by atoms with Crippen LogP contribution in [-0.2, 0) is 16.1 Å². The number of hydrogen-bond acceptors (Lipinski definition) is 4. The summed E-state index contributed by atoms with van der Waals surface area (Å²) in [4.78, 5) is 16.2. The van der Waals surface area contributed by atoms with E-state index >= 15 is 0 Å². The van der Waals surface area contributed by atoms with Gasteiger partial charge in [0.15, 0.2) is 0 Å². The second-order valence-corrected chi connectivity index (χ2v) is 4.63. The Bertz CT molecular complexity index is 791. The number of rotatable bonds is 3. The topological polar surface area (TPSA) is 64.3 Å². The molecule has 0 amide bonds. The number of methoxy groups -OCH3 is 1. The minimum atomic E-state index is -0.335. The van der Waals surface area contributed by atoms with E-state index < -0.39 is 0 Å². The van der Waals surface area contributed by atoms with Gasteiger partial charge < -0.3 is 14.4 Å². The summed E-state index contributed by atoms with van der Waals surface area (Å²) in [5, 5.41) is 9.39. The van der Waals surface area contributed by atoms with Crippen molar-refractivity contribution in [3.63, 3.8) is 0 Å². The molecule has 0 atom stereocenters. The molecule has 0 unspecified atom stereocenters. The van der Waals surface area contributed by atoms with Crippen molar-refractivity contribution in [1.82, 2.24) is 9.55 Å². The van der Waals surface area contributed by atoms with Gasteiger partial charge in [-0.1, -0.05) is 12.1 Å². The highest BCUT2D eigenvalue weighted by molar-refractivity contribution is 5.83. The third-order valence-electron chi connectivity index (χ3n) is 3.29. The fourth-order valence-electron chi connectivity index (χ4n) is 2.26. The standard InChI is InChI=1S/C16H14N2O3/c1-21-15(20)10-18-14-5-3-2-4-13(14)17-16(18)11-6-8-12(19)9-7-11/h2-9,19H,10H2,1H3. The first-order valence-corrected chi connectivity index (χ1v) is 6.50. The highest BCUT2D eigenvalue weighted by atomic mass is 16.5. The SMILES string of the molecule is COC(=O)Cn1c(-c2ccc(O)cc2)nc2ccccc21. The molecule has 0 aliphatic rings. The van der Waals surface area contributed by atoms with Gasteiger partial charge in [0, 0.05) is 5.56 Å². The lowest BCUT2D eigenvalue weighted by atomic mass is 10.2. The third-order valence-corrected chi connectivity index (χ3v) is 3.29. The number of carbonyl (C=O) groups is 1. The Kier molecular flexibility index (Phi) is 3.31. The summed E-state index contributed by atoms with van der Waals surface area (Å²) >= 11 is 0. The first-order chi connectivity index (χ1) is 10.2. The zero-order valence-electron chi connectivity index (χ0n) is 11.5. The number of esters is 1. The molecule has 5 nitrogen and oxygen atoms in total. The van der Waals surface area contributed by atoms with Gasteiger partial charge in [0.1, 0.15) is 18.1 Å². The van der Waals surface area contributed by atoms with E-state index in [0.717, 1.165) is 16.6 Å². The van der Waals surface area contributed by atoms with Crippen molar-refractivity contribution in [2.45, 2.75) is 6.54 Å². The molecule has 1 N–H and O–H groups in total. The van der Waals surface area contributed by atoms with Gasteiger partial charge >= 0.3 is 5.97 Å². The first kappa shape index (κ1) is 13.2. The molecule has 0 bridgehead atoms. The van der Waals surface area contributed by atoms with Crippen molar-refractivity contribution >= 4 is 17.0 Å². The molecule has 0 spiro atoms. The minimum Gasteiger partial charge on any atom is -0.508 e. The summed E-state index contributed by atoms with van der Waals surface area (Å²) in [5.74, 6) is 0.522. The van der Waals surface area contributed by atoms with Crippen molar-refractivity contribution in [3.05, 3.63) is 48.5 Å². The first-order valence-electron chi connectivity index (χ1n) is 6.50. The van der Waals surface area contributed by atoms with Crippen LogP contribution in [0.2, 0.25) is 0 Å². The van der Waals surface area contributed by atoms with Crippen molar-refractivity contribution in [2.75, 3.05) is 7.11 Å². The van der Waals surface area contributed by atoms with Gasteiger partial charge in [0.05, 0.1) is 18.1 Å². The quantitative estimate of drug-likeness (QED) is 0.750. The summed E-state index contributed by atoms with van der Waals surface area (Å²) in [5.41, 5.74) is 2.50. The van der Waals surface area contributed by atoms with Crippen molar-refractivity contribution in [2.24, 2.45) is 0 Å². The summed E-state index contributed by atoms with van der Waals surface area (Å²) in [7, 11) is 1.36. The predicted molar refractivity (Wildman–Crippen MR) is 78.8 cm³/mol. The second kappa shape index (κ2) is 5.28. The third kappa shape index (κ3) is 2.45. The normalized spacial score (nSPS) is 10.7. The molecule has 0 fully saturated rings. The van der Waals surface area contributed by atoms with Gasteiger partial charge in [0.2, 0.25) is 0 Å². The zero-order valence-corrected chi connectivity index (χ0v) is 11.5. The Morgan fingerprint density at radius 1 is 1.19 bits per heavy atom. The maximum atomic E-state index is 11.6. The van der Waals surface area contributed by atoms with Crippen LogP contribution in [0.25, 0.3) is 22.4 Å². The van der Waals surface area contributed by atoms with E-state index in [1.807, 2.05) is 28.8 Å². The molecule has 0 saturated carbocycles. The number of imidazole rings is 1. The molecule has 1 heterocycles. The Labute approximate surface area is 121 Å². The van der Waals surface area contributed by atoms with Crippen LogP contribution in [0.15, 0.2) is 48.5 Å². The summed E-state index contributed by atoms with van der Waals surface area (Å²) in [6.45, 7) is 0.0905. The Hall–Kier alpha value is -2.82. The van der Waals surface area contributed by atoms with Gasteiger partial charge in [0.25, 0.3) is 0 Å². The molecular formula is C16H14N2O3. The fraction of sp³-hybridized carbons (Fsp3) is 0.125. The van der Waals surface area contributed by atoms with Crippen LogP contribution >= 0.6 is 0 Å². The van der Waals surface area contributed by atoms with Gasteiger partial charge in [-0.15, -0.1) is 0 Å². The number of phenolic OH excluding ortho intramolecular Hbond substituents is 1. The fourth-order valence-corrected chi connectivity index (χ4v) is 2.26. The van der Waals surface area contributed by atoms with E-state index in [4.69, 9.17) is 4.74 Å². The molecule has 3 rings (SSSR count). The van der Waals surface area contributed by atoms with Gasteiger partial charge in [-0.2, -0.15) is 0 Å². The van der Waals surface area contributed by atoms with Crippen molar-refractivity contribution in [3.8, 4) is 17.1 Å². The summed E-state index contributed by atoms with van der Waals surface area (Å²) < 4.78 is 6.57. The number of nitrogens with zero attached hydrogens (tertiary/aromatic N) is 2. The molecule has 0 aliphatic carbocycles. The van der Waals surface area contributed by atoms with E-state index in [2.05, 4.69) is 4.98 Å². The highest BCUT2D eigenvalue weighted by Crippen LogP contribution is 2.26. The number of aromatic hydroxyl groups is 1. The number of benzene rings is 2. The van der Waals surface area contributed by atoms with Crippen LogP contribution in [0, 0.1) is 0 Å². The molecule has 5 heteroatoms. The van der Waals surface area contributed by atoms with Gasteiger partial charge in [-0.25, -0.2) is 4.98 Å². The zero-order chi connectivity index (χ0) is 14.8. The number of aromatic nitrogens is 2. The molecule has 2 aromatic carbocycles. The lowest BCUT2D eigenvalue weighted by Gasteiger charge is -2.08.